The lowest BCUT2D eigenvalue weighted by Gasteiger charge is -2.25. The minimum Gasteiger partial charge on any atom is -0.481 e. The number of aliphatic hydroxyl groups excluding tert-OH is 1. The number of hydrogen-bond donors (Lipinski definition) is 9. The molecule has 0 spiro atoms. The van der Waals surface area contributed by atoms with E-state index >= 15 is 0 Å². The summed E-state index contributed by atoms with van der Waals surface area (Å²) in [5.74, 6) is -5.78. The van der Waals surface area contributed by atoms with Crippen molar-refractivity contribution >= 4 is 35.6 Å². The lowest BCUT2D eigenvalue weighted by molar-refractivity contribution is -0.147. The van der Waals surface area contributed by atoms with Crippen molar-refractivity contribution in [2.24, 2.45) is 28.1 Å². The molecular weight excluding hydrogens is 454 g/mol. The Kier molecular flexibility index (Phi) is 13.8. The number of carboxylic acid groups (broad SMARTS) is 2. The molecule has 4 atom stereocenters. The summed E-state index contributed by atoms with van der Waals surface area (Å²) in [6.45, 7) is 2.93. The fourth-order valence-electron chi connectivity index (χ4n) is 2.75. The molecule has 4 unspecified atom stereocenters. The first-order valence-electron chi connectivity index (χ1n) is 10.6. The second-order valence-electron chi connectivity index (χ2n) is 7.99. The van der Waals surface area contributed by atoms with Gasteiger partial charge in [-0.25, -0.2) is 4.79 Å². The van der Waals surface area contributed by atoms with Crippen LogP contribution in [0.4, 0.5) is 0 Å². The van der Waals surface area contributed by atoms with Gasteiger partial charge in [-0.3, -0.25) is 24.2 Å². The molecule has 15 nitrogen and oxygen atoms in total. The third-order valence-corrected chi connectivity index (χ3v) is 4.45. The molecule has 0 aliphatic carbocycles. The molecule has 0 radical (unpaired) electrons. The Labute approximate surface area is 196 Å². The van der Waals surface area contributed by atoms with Crippen molar-refractivity contribution in [3.63, 3.8) is 0 Å². The third-order valence-electron chi connectivity index (χ3n) is 4.45. The average molecular weight is 490 g/mol. The molecule has 0 aromatic carbocycles. The Morgan fingerprint density at radius 1 is 0.882 bits per heavy atom. The molecule has 15 heteroatoms. The Morgan fingerprint density at radius 3 is 1.88 bits per heavy atom. The zero-order valence-corrected chi connectivity index (χ0v) is 19.2. The number of nitrogens with two attached hydrogens (primary N) is 3. The fourth-order valence-corrected chi connectivity index (χ4v) is 2.75. The first-order valence-corrected chi connectivity index (χ1v) is 10.6. The van der Waals surface area contributed by atoms with E-state index in [-0.39, 0.29) is 31.3 Å². The number of carbonyl (C=O) groups excluding carboxylic acids is 3. The molecule has 0 fully saturated rings. The molecule has 0 aromatic heterocycles. The van der Waals surface area contributed by atoms with Crippen molar-refractivity contribution in [2.75, 3.05) is 13.2 Å². The summed E-state index contributed by atoms with van der Waals surface area (Å²) < 4.78 is 0. The highest BCUT2D eigenvalue weighted by atomic mass is 16.4. The van der Waals surface area contributed by atoms with Gasteiger partial charge in [0, 0.05) is 6.54 Å². The van der Waals surface area contributed by atoms with Crippen LogP contribution in [-0.4, -0.2) is 88.3 Å². The van der Waals surface area contributed by atoms with Crippen LogP contribution in [0.2, 0.25) is 0 Å². The van der Waals surface area contributed by atoms with Gasteiger partial charge in [0.1, 0.15) is 18.1 Å². The SMILES string of the molecule is CC(C)CC(NC(=O)C(CO)NC(=O)C(N)CCCN=C(N)N)C(=O)NC(CC(=O)O)C(=O)O. The molecule has 34 heavy (non-hydrogen) atoms. The van der Waals surface area contributed by atoms with Crippen molar-refractivity contribution in [2.45, 2.75) is 63.7 Å². The number of carbonyl (C=O) groups is 5. The standard InChI is InChI=1S/C19H35N7O8/c1-9(2)6-11(16(31)25-12(18(33)34)7-14(28)29)24-17(32)13(8-27)26-15(30)10(20)4-3-5-23-19(21)22/h9-13,27H,3-8,20H2,1-2H3,(H,24,32)(H,25,31)(H,26,30)(H,28,29)(H,33,34)(H4,21,22,23). The van der Waals surface area contributed by atoms with Crippen LogP contribution < -0.4 is 33.2 Å². The molecule has 0 aliphatic heterocycles. The molecule has 0 heterocycles. The van der Waals surface area contributed by atoms with Crippen LogP contribution in [0.3, 0.4) is 0 Å². The Balaban J connectivity index is 5.16. The van der Waals surface area contributed by atoms with Gasteiger partial charge in [-0.1, -0.05) is 13.8 Å². The molecule has 0 rings (SSSR count). The number of hydrogen-bond acceptors (Lipinski definition) is 8. The van der Waals surface area contributed by atoms with Crippen molar-refractivity contribution < 1.29 is 39.3 Å². The number of aliphatic hydroxyl groups is 1. The lowest BCUT2D eigenvalue weighted by atomic mass is 10.0. The maximum atomic E-state index is 12.6. The summed E-state index contributed by atoms with van der Waals surface area (Å²) in [5, 5.41) is 34.2. The predicted octanol–water partition coefficient (Wildman–Crippen LogP) is -3.58. The van der Waals surface area contributed by atoms with Gasteiger partial charge in [0.25, 0.3) is 0 Å². The normalized spacial score (nSPS) is 14.3. The van der Waals surface area contributed by atoms with E-state index in [1.54, 1.807) is 13.8 Å². The second-order valence-corrected chi connectivity index (χ2v) is 7.99. The quantitative estimate of drug-likeness (QED) is 0.0580. The van der Waals surface area contributed by atoms with E-state index in [0.29, 0.717) is 6.42 Å². The monoisotopic (exact) mass is 489 g/mol. The Hall–Kier alpha value is -3.46. The smallest absolute Gasteiger partial charge is 0.326 e. The molecule has 0 saturated heterocycles. The van der Waals surface area contributed by atoms with Crippen LogP contribution >= 0.6 is 0 Å². The lowest BCUT2D eigenvalue weighted by Crippen LogP contribution is -2.58. The maximum absolute atomic E-state index is 12.6. The maximum Gasteiger partial charge on any atom is 0.326 e. The van der Waals surface area contributed by atoms with Crippen LogP contribution in [-0.2, 0) is 24.0 Å². The van der Waals surface area contributed by atoms with E-state index in [1.165, 1.54) is 0 Å². The third kappa shape index (κ3) is 12.5. The highest BCUT2D eigenvalue weighted by molar-refractivity contribution is 5.94. The van der Waals surface area contributed by atoms with E-state index in [1.807, 2.05) is 0 Å². The van der Waals surface area contributed by atoms with E-state index in [9.17, 15) is 29.1 Å². The summed E-state index contributed by atoms with van der Waals surface area (Å²) in [6.07, 6.45) is -0.200. The van der Waals surface area contributed by atoms with Crippen molar-refractivity contribution in [1.82, 2.24) is 16.0 Å². The van der Waals surface area contributed by atoms with Crippen LogP contribution in [0.5, 0.6) is 0 Å². The molecule has 0 bridgehead atoms. The molecule has 3 amide bonds. The fraction of sp³-hybridized carbons (Fsp3) is 0.684. The van der Waals surface area contributed by atoms with Crippen molar-refractivity contribution in [3.8, 4) is 0 Å². The number of rotatable bonds is 16. The number of nitrogens with zero attached hydrogens (tertiary/aromatic N) is 1. The largest absolute Gasteiger partial charge is 0.481 e. The average Bonchev–Trinajstić information content (AvgIpc) is 2.72. The summed E-state index contributed by atoms with van der Waals surface area (Å²) >= 11 is 0. The van der Waals surface area contributed by atoms with Crippen molar-refractivity contribution in [1.29, 1.82) is 0 Å². The van der Waals surface area contributed by atoms with Gasteiger partial charge in [-0.2, -0.15) is 0 Å². The summed E-state index contributed by atoms with van der Waals surface area (Å²) in [7, 11) is 0. The van der Waals surface area contributed by atoms with Gasteiger partial charge >= 0.3 is 11.9 Å². The molecule has 194 valence electrons. The zero-order chi connectivity index (χ0) is 26.4. The summed E-state index contributed by atoms with van der Waals surface area (Å²) in [4.78, 5) is 63.2. The topological polar surface area (TPSA) is 273 Å². The number of aliphatic imine (C=N–C) groups is 1. The molecule has 12 N–H and O–H groups in total. The number of amides is 3. The summed E-state index contributed by atoms with van der Waals surface area (Å²) in [5.41, 5.74) is 16.2. The Bertz CT molecular complexity index is 755. The minimum absolute atomic E-state index is 0.0768. The number of nitrogens with one attached hydrogen (secondary N) is 3. The van der Waals surface area contributed by atoms with Crippen LogP contribution in [0, 0.1) is 5.92 Å². The van der Waals surface area contributed by atoms with Gasteiger partial charge < -0.3 is 48.5 Å². The Morgan fingerprint density at radius 2 is 1.41 bits per heavy atom. The van der Waals surface area contributed by atoms with E-state index in [4.69, 9.17) is 27.4 Å². The predicted molar refractivity (Wildman–Crippen MR) is 120 cm³/mol. The van der Waals surface area contributed by atoms with Gasteiger partial charge in [0.15, 0.2) is 5.96 Å². The molecule has 0 aromatic rings. The number of guanidine groups is 1. The number of aliphatic carboxylic acids is 2. The zero-order valence-electron chi connectivity index (χ0n) is 19.2. The molecular formula is C19H35N7O8. The second kappa shape index (κ2) is 15.4. The van der Waals surface area contributed by atoms with Gasteiger partial charge in [0.2, 0.25) is 17.7 Å². The first kappa shape index (κ1) is 30.5. The molecule has 0 aliphatic rings. The van der Waals surface area contributed by atoms with Gasteiger partial charge in [0.05, 0.1) is 19.1 Å². The van der Waals surface area contributed by atoms with Crippen LogP contribution in [0.1, 0.15) is 39.5 Å². The van der Waals surface area contributed by atoms with Crippen LogP contribution in [0.25, 0.3) is 0 Å². The highest BCUT2D eigenvalue weighted by Gasteiger charge is 2.31. The van der Waals surface area contributed by atoms with Crippen molar-refractivity contribution in [3.05, 3.63) is 0 Å². The summed E-state index contributed by atoms with van der Waals surface area (Å²) in [6, 6.07) is -5.41. The van der Waals surface area contributed by atoms with Gasteiger partial charge in [-0.15, -0.1) is 0 Å². The van der Waals surface area contributed by atoms with E-state index in [2.05, 4.69) is 20.9 Å². The molecule has 0 saturated carbocycles. The van der Waals surface area contributed by atoms with Gasteiger partial charge in [-0.05, 0) is 25.2 Å². The minimum atomic E-state index is -1.71. The van der Waals surface area contributed by atoms with E-state index in [0.717, 1.165) is 0 Å². The highest BCUT2D eigenvalue weighted by Crippen LogP contribution is 2.07. The van der Waals surface area contributed by atoms with E-state index < -0.39 is 66.9 Å². The van der Waals surface area contributed by atoms with Crippen LogP contribution in [0.15, 0.2) is 4.99 Å². The first-order chi connectivity index (χ1) is 15.8. The number of carboxylic acids is 2.